The molecule has 20 heavy (non-hydrogen) atoms. The number of anilines is 1. The molecule has 1 aliphatic heterocycles. The van der Waals surface area contributed by atoms with Crippen LogP contribution in [0.1, 0.15) is 17.0 Å². The maximum atomic E-state index is 12.4. The van der Waals surface area contributed by atoms with E-state index in [0.29, 0.717) is 6.42 Å². The van der Waals surface area contributed by atoms with Crippen LogP contribution < -0.4 is 4.90 Å². The number of thiophene rings is 1. The minimum Gasteiger partial charge on any atom is -0.481 e. The normalized spacial score (nSPS) is 17.0. The molecule has 0 saturated carbocycles. The standard InChI is InChI=1S/C15H13NO3S/c17-14(7-10-5-6-20-9-10)16-8-12(15(18)19)11-3-1-2-4-13(11)16/h1-6,9,12H,7-8H2,(H,18,19)/t12-/m0/s1. The molecule has 1 aliphatic rings. The van der Waals surface area contributed by atoms with Crippen molar-refractivity contribution in [3.8, 4) is 0 Å². The monoisotopic (exact) mass is 287 g/mol. The second-order valence-corrected chi connectivity index (χ2v) is 5.54. The minimum atomic E-state index is -0.886. The topological polar surface area (TPSA) is 57.6 Å². The zero-order valence-electron chi connectivity index (χ0n) is 10.7. The highest BCUT2D eigenvalue weighted by atomic mass is 32.1. The molecule has 4 nitrogen and oxygen atoms in total. The summed E-state index contributed by atoms with van der Waals surface area (Å²) in [5, 5.41) is 13.2. The lowest BCUT2D eigenvalue weighted by Crippen LogP contribution is -2.32. The number of carbonyl (C=O) groups is 2. The molecule has 102 valence electrons. The van der Waals surface area contributed by atoms with Gasteiger partial charge < -0.3 is 10.0 Å². The molecule has 1 amide bonds. The van der Waals surface area contributed by atoms with Crippen LogP contribution in [0.5, 0.6) is 0 Å². The number of hydrogen-bond acceptors (Lipinski definition) is 3. The molecule has 0 bridgehead atoms. The second-order valence-electron chi connectivity index (χ2n) is 4.76. The van der Waals surface area contributed by atoms with E-state index in [1.807, 2.05) is 35.0 Å². The van der Waals surface area contributed by atoms with Crippen molar-refractivity contribution in [3.63, 3.8) is 0 Å². The highest BCUT2D eigenvalue weighted by Gasteiger charge is 2.36. The van der Waals surface area contributed by atoms with Gasteiger partial charge in [-0.05, 0) is 34.0 Å². The molecule has 1 atom stereocenters. The summed E-state index contributed by atoms with van der Waals surface area (Å²) in [7, 11) is 0. The molecule has 0 radical (unpaired) electrons. The summed E-state index contributed by atoms with van der Waals surface area (Å²) in [5.41, 5.74) is 2.41. The van der Waals surface area contributed by atoms with Gasteiger partial charge in [0.2, 0.25) is 5.91 Å². The zero-order valence-corrected chi connectivity index (χ0v) is 11.5. The first-order chi connectivity index (χ1) is 9.66. The first-order valence-corrected chi connectivity index (χ1v) is 7.24. The lowest BCUT2D eigenvalue weighted by molar-refractivity contribution is -0.138. The van der Waals surface area contributed by atoms with Crippen LogP contribution in [-0.4, -0.2) is 23.5 Å². The lowest BCUT2D eigenvalue weighted by atomic mass is 10.0. The van der Waals surface area contributed by atoms with Crippen molar-refractivity contribution in [2.45, 2.75) is 12.3 Å². The van der Waals surface area contributed by atoms with Crippen molar-refractivity contribution >= 4 is 28.9 Å². The number of para-hydroxylation sites is 1. The molecule has 3 rings (SSSR count). The lowest BCUT2D eigenvalue weighted by Gasteiger charge is -2.17. The number of carboxylic acids is 1. The predicted molar refractivity (Wildman–Crippen MR) is 77.2 cm³/mol. The zero-order chi connectivity index (χ0) is 14.1. The van der Waals surface area contributed by atoms with Crippen molar-refractivity contribution in [3.05, 3.63) is 52.2 Å². The van der Waals surface area contributed by atoms with Crippen molar-refractivity contribution in [2.24, 2.45) is 0 Å². The van der Waals surface area contributed by atoms with Crippen LogP contribution in [0.4, 0.5) is 5.69 Å². The first kappa shape index (κ1) is 12.9. The quantitative estimate of drug-likeness (QED) is 0.943. The Hall–Kier alpha value is -2.14. The van der Waals surface area contributed by atoms with Gasteiger partial charge in [-0.1, -0.05) is 18.2 Å². The number of carboxylic acid groups (broad SMARTS) is 1. The number of amides is 1. The van der Waals surface area contributed by atoms with Crippen molar-refractivity contribution in [1.82, 2.24) is 0 Å². The van der Waals surface area contributed by atoms with E-state index in [4.69, 9.17) is 0 Å². The van der Waals surface area contributed by atoms with Crippen LogP contribution in [0.3, 0.4) is 0 Å². The number of fused-ring (bicyclic) bond motifs is 1. The first-order valence-electron chi connectivity index (χ1n) is 6.30. The van der Waals surface area contributed by atoms with E-state index >= 15 is 0 Å². The summed E-state index contributed by atoms with van der Waals surface area (Å²) >= 11 is 1.55. The molecule has 1 aromatic heterocycles. The van der Waals surface area contributed by atoms with Crippen molar-refractivity contribution in [2.75, 3.05) is 11.4 Å². The van der Waals surface area contributed by atoms with E-state index in [0.717, 1.165) is 16.8 Å². The maximum absolute atomic E-state index is 12.4. The van der Waals surface area contributed by atoms with Crippen molar-refractivity contribution < 1.29 is 14.7 Å². The Labute approximate surface area is 120 Å². The smallest absolute Gasteiger partial charge is 0.312 e. The Morgan fingerprint density at radius 3 is 2.80 bits per heavy atom. The maximum Gasteiger partial charge on any atom is 0.312 e. The number of rotatable bonds is 3. The van der Waals surface area contributed by atoms with Gasteiger partial charge in [-0.15, -0.1) is 0 Å². The summed E-state index contributed by atoms with van der Waals surface area (Å²) < 4.78 is 0. The van der Waals surface area contributed by atoms with Gasteiger partial charge in [0.25, 0.3) is 0 Å². The van der Waals surface area contributed by atoms with Crippen LogP contribution in [0.15, 0.2) is 41.1 Å². The summed E-state index contributed by atoms with van der Waals surface area (Å²) in [4.78, 5) is 25.3. The number of benzene rings is 1. The van der Waals surface area contributed by atoms with Gasteiger partial charge in [0.15, 0.2) is 0 Å². The van der Waals surface area contributed by atoms with Crippen LogP contribution >= 0.6 is 11.3 Å². The van der Waals surface area contributed by atoms with Crippen LogP contribution in [0, 0.1) is 0 Å². The van der Waals surface area contributed by atoms with Crippen LogP contribution in [-0.2, 0) is 16.0 Å². The Bertz CT molecular complexity index is 651. The fourth-order valence-electron chi connectivity index (χ4n) is 2.52. The average Bonchev–Trinajstić information content (AvgIpc) is 3.05. The van der Waals surface area contributed by atoms with E-state index in [-0.39, 0.29) is 12.5 Å². The molecule has 2 heterocycles. The Balaban J connectivity index is 1.88. The number of carbonyl (C=O) groups excluding carboxylic acids is 1. The third-order valence-electron chi connectivity index (χ3n) is 3.50. The van der Waals surface area contributed by atoms with Gasteiger partial charge in [0, 0.05) is 12.2 Å². The largest absolute Gasteiger partial charge is 0.481 e. The third kappa shape index (κ3) is 2.20. The minimum absolute atomic E-state index is 0.0559. The molecule has 2 aromatic rings. The highest BCUT2D eigenvalue weighted by Crippen LogP contribution is 2.36. The summed E-state index contributed by atoms with van der Waals surface area (Å²) in [6.45, 7) is 0.220. The SMILES string of the molecule is O=C(O)[C@H]1CN(C(=O)Cc2ccsc2)c2ccccc21. The van der Waals surface area contributed by atoms with Gasteiger partial charge >= 0.3 is 5.97 Å². The van der Waals surface area contributed by atoms with Gasteiger partial charge in [-0.3, -0.25) is 9.59 Å². The van der Waals surface area contributed by atoms with Gasteiger partial charge in [-0.25, -0.2) is 0 Å². The van der Waals surface area contributed by atoms with Crippen LogP contribution in [0.25, 0.3) is 0 Å². The average molecular weight is 287 g/mol. The van der Waals surface area contributed by atoms with Gasteiger partial charge in [-0.2, -0.15) is 11.3 Å². The molecule has 0 spiro atoms. The molecule has 0 fully saturated rings. The molecule has 5 heteroatoms. The third-order valence-corrected chi connectivity index (χ3v) is 4.23. The molecule has 1 N–H and O–H groups in total. The Morgan fingerprint density at radius 2 is 2.10 bits per heavy atom. The molecule has 0 saturated heterocycles. The number of aliphatic carboxylic acids is 1. The fourth-order valence-corrected chi connectivity index (χ4v) is 3.19. The highest BCUT2D eigenvalue weighted by molar-refractivity contribution is 7.08. The van der Waals surface area contributed by atoms with Gasteiger partial charge in [0.05, 0.1) is 6.42 Å². The molecule has 0 aliphatic carbocycles. The van der Waals surface area contributed by atoms with E-state index in [1.54, 1.807) is 22.3 Å². The van der Waals surface area contributed by atoms with E-state index in [1.165, 1.54) is 0 Å². The molecular weight excluding hydrogens is 274 g/mol. The fraction of sp³-hybridized carbons (Fsp3) is 0.200. The molecule has 0 unspecified atom stereocenters. The summed E-state index contributed by atoms with van der Waals surface area (Å²) in [6.07, 6.45) is 0.310. The number of nitrogens with zero attached hydrogens (tertiary/aromatic N) is 1. The van der Waals surface area contributed by atoms with Crippen molar-refractivity contribution in [1.29, 1.82) is 0 Å². The predicted octanol–water partition coefficient (Wildman–Crippen LogP) is 2.51. The summed E-state index contributed by atoms with van der Waals surface area (Å²) in [5.74, 6) is -1.57. The second kappa shape index (κ2) is 5.09. The molecule has 1 aromatic carbocycles. The summed E-state index contributed by atoms with van der Waals surface area (Å²) in [6, 6.07) is 9.14. The molecular formula is C15H13NO3S. The van der Waals surface area contributed by atoms with E-state index in [9.17, 15) is 14.7 Å². The van der Waals surface area contributed by atoms with E-state index < -0.39 is 11.9 Å². The number of hydrogen-bond donors (Lipinski definition) is 1. The van der Waals surface area contributed by atoms with Gasteiger partial charge in [0.1, 0.15) is 5.92 Å². The van der Waals surface area contributed by atoms with E-state index in [2.05, 4.69) is 0 Å². The Morgan fingerprint density at radius 1 is 1.30 bits per heavy atom. The Kier molecular flexibility index (Phi) is 3.28. The van der Waals surface area contributed by atoms with Crippen LogP contribution in [0.2, 0.25) is 0 Å².